The molecular weight excluding hydrogens is 176 g/mol. The van der Waals surface area contributed by atoms with Crippen LogP contribution in [0.3, 0.4) is 0 Å². The molecule has 0 spiro atoms. The number of rotatable bonds is 8. The molecule has 1 aliphatic rings. The van der Waals surface area contributed by atoms with Gasteiger partial charge in [-0.15, -0.1) is 0 Å². The van der Waals surface area contributed by atoms with Crippen molar-refractivity contribution in [3.63, 3.8) is 0 Å². The summed E-state index contributed by atoms with van der Waals surface area (Å²) in [6.45, 7) is 8.52. The normalized spacial score (nSPS) is 18.9. The van der Waals surface area contributed by atoms with Gasteiger partial charge in [-0.1, -0.05) is 13.8 Å². The Hall–Kier alpha value is -0.120. The summed E-state index contributed by atoms with van der Waals surface area (Å²) in [5.41, 5.74) is 0. The van der Waals surface area contributed by atoms with Gasteiger partial charge in [-0.3, -0.25) is 4.90 Å². The molecule has 1 rings (SSSR count). The minimum Gasteiger partial charge on any atom is -0.383 e. The van der Waals surface area contributed by atoms with Crippen LogP contribution in [0.25, 0.3) is 0 Å². The average molecular weight is 200 g/mol. The lowest BCUT2D eigenvalue weighted by Crippen LogP contribution is -2.44. The van der Waals surface area contributed by atoms with Crippen LogP contribution in [0.5, 0.6) is 0 Å². The molecule has 1 unspecified atom stereocenters. The zero-order valence-corrected chi connectivity index (χ0v) is 9.75. The maximum atomic E-state index is 5.21. The van der Waals surface area contributed by atoms with E-state index in [0.717, 1.165) is 32.3 Å². The molecule has 0 amide bonds. The predicted octanol–water partition coefficient (Wildman–Crippen LogP) is 1.10. The minimum absolute atomic E-state index is 0.491. The first-order chi connectivity index (χ1) is 6.81. The van der Waals surface area contributed by atoms with Crippen LogP contribution in [0.1, 0.15) is 26.7 Å². The van der Waals surface area contributed by atoms with Gasteiger partial charge in [-0.2, -0.15) is 0 Å². The third kappa shape index (κ3) is 3.95. The van der Waals surface area contributed by atoms with Gasteiger partial charge in [0.05, 0.1) is 6.61 Å². The van der Waals surface area contributed by atoms with E-state index in [1.807, 2.05) is 0 Å². The lowest BCUT2D eigenvalue weighted by atomic mass is 10.2. The smallest absolute Gasteiger partial charge is 0.0628 e. The standard InChI is InChI=1S/C11H24N2O/c1-4-12-10(9-14-3)8-13(5-2)11-6-7-11/h10-12H,4-9H2,1-3H3. The highest BCUT2D eigenvalue weighted by Crippen LogP contribution is 2.26. The summed E-state index contributed by atoms with van der Waals surface area (Å²) < 4.78 is 5.21. The van der Waals surface area contributed by atoms with Crippen molar-refractivity contribution in [3.05, 3.63) is 0 Å². The van der Waals surface area contributed by atoms with E-state index in [0.29, 0.717) is 6.04 Å². The molecule has 3 heteroatoms. The number of ether oxygens (including phenoxy) is 1. The Labute approximate surface area is 87.8 Å². The molecule has 0 bridgehead atoms. The Morgan fingerprint density at radius 2 is 2.14 bits per heavy atom. The largest absolute Gasteiger partial charge is 0.383 e. The van der Waals surface area contributed by atoms with Crippen LogP contribution in [-0.2, 0) is 4.74 Å². The van der Waals surface area contributed by atoms with E-state index in [1.54, 1.807) is 7.11 Å². The number of nitrogens with zero attached hydrogens (tertiary/aromatic N) is 1. The minimum atomic E-state index is 0.491. The van der Waals surface area contributed by atoms with E-state index in [2.05, 4.69) is 24.1 Å². The SMILES string of the molecule is CCNC(COC)CN(CC)C1CC1. The van der Waals surface area contributed by atoms with E-state index in [9.17, 15) is 0 Å². The van der Waals surface area contributed by atoms with Crippen LogP contribution < -0.4 is 5.32 Å². The first-order valence-electron chi connectivity index (χ1n) is 5.78. The second-order valence-corrected chi connectivity index (χ2v) is 4.03. The molecule has 0 aromatic rings. The van der Waals surface area contributed by atoms with Crippen molar-refractivity contribution in [1.82, 2.24) is 10.2 Å². The van der Waals surface area contributed by atoms with Gasteiger partial charge in [0.15, 0.2) is 0 Å². The Morgan fingerprint density at radius 3 is 2.57 bits per heavy atom. The summed E-state index contributed by atoms with van der Waals surface area (Å²) in [6.07, 6.45) is 2.78. The van der Waals surface area contributed by atoms with Crippen molar-refractivity contribution >= 4 is 0 Å². The second-order valence-electron chi connectivity index (χ2n) is 4.03. The molecule has 0 aromatic heterocycles. The molecule has 0 aliphatic heterocycles. The van der Waals surface area contributed by atoms with Crippen LogP contribution in [0, 0.1) is 0 Å². The van der Waals surface area contributed by atoms with Crippen LogP contribution in [0.4, 0.5) is 0 Å². The second kappa shape index (κ2) is 6.38. The van der Waals surface area contributed by atoms with Crippen molar-refractivity contribution in [2.24, 2.45) is 0 Å². The van der Waals surface area contributed by atoms with Crippen LogP contribution >= 0.6 is 0 Å². The summed E-state index contributed by atoms with van der Waals surface area (Å²) in [5.74, 6) is 0. The molecule has 0 radical (unpaired) electrons. The van der Waals surface area contributed by atoms with Gasteiger partial charge < -0.3 is 10.1 Å². The molecule has 1 atom stereocenters. The van der Waals surface area contributed by atoms with Crippen molar-refractivity contribution in [3.8, 4) is 0 Å². The predicted molar refractivity (Wildman–Crippen MR) is 59.6 cm³/mol. The highest BCUT2D eigenvalue weighted by Gasteiger charge is 2.29. The average Bonchev–Trinajstić information content (AvgIpc) is 2.98. The number of hydrogen-bond donors (Lipinski definition) is 1. The fourth-order valence-electron chi connectivity index (χ4n) is 1.93. The van der Waals surface area contributed by atoms with Crippen LogP contribution in [0.15, 0.2) is 0 Å². The highest BCUT2D eigenvalue weighted by atomic mass is 16.5. The monoisotopic (exact) mass is 200 g/mol. The maximum Gasteiger partial charge on any atom is 0.0628 e. The number of likely N-dealkylation sites (N-methyl/N-ethyl adjacent to an activating group) is 2. The summed E-state index contributed by atoms with van der Waals surface area (Å²) >= 11 is 0. The van der Waals surface area contributed by atoms with E-state index < -0.39 is 0 Å². The van der Waals surface area contributed by atoms with Gasteiger partial charge in [0.2, 0.25) is 0 Å². The first kappa shape index (κ1) is 12.0. The maximum absolute atomic E-state index is 5.21. The van der Waals surface area contributed by atoms with Crippen molar-refractivity contribution in [2.75, 3.05) is 33.4 Å². The third-order valence-electron chi connectivity index (χ3n) is 2.78. The molecule has 3 nitrogen and oxygen atoms in total. The summed E-state index contributed by atoms with van der Waals surface area (Å²) in [6, 6.07) is 1.35. The summed E-state index contributed by atoms with van der Waals surface area (Å²) in [4.78, 5) is 2.56. The number of hydrogen-bond acceptors (Lipinski definition) is 3. The molecule has 1 N–H and O–H groups in total. The topological polar surface area (TPSA) is 24.5 Å². The van der Waals surface area contributed by atoms with Gasteiger partial charge in [0.1, 0.15) is 0 Å². The molecule has 1 aliphatic carbocycles. The third-order valence-corrected chi connectivity index (χ3v) is 2.78. The Morgan fingerprint density at radius 1 is 1.43 bits per heavy atom. The quantitative estimate of drug-likeness (QED) is 0.635. The van der Waals surface area contributed by atoms with Crippen molar-refractivity contribution < 1.29 is 4.74 Å². The Bertz CT molecular complexity index is 142. The Kier molecular flexibility index (Phi) is 5.45. The van der Waals surface area contributed by atoms with Gasteiger partial charge in [-0.05, 0) is 25.9 Å². The highest BCUT2D eigenvalue weighted by molar-refractivity contribution is 4.86. The van der Waals surface area contributed by atoms with Crippen LogP contribution in [-0.4, -0.2) is 50.3 Å². The first-order valence-corrected chi connectivity index (χ1v) is 5.78. The van der Waals surface area contributed by atoms with E-state index in [4.69, 9.17) is 4.74 Å². The van der Waals surface area contributed by atoms with E-state index in [-0.39, 0.29) is 0 Å². The van der Waals surface area contributed by atoms with E-state index >= 15 is 0 Å². The van der Waals surface area contributed by atoms with Gasteiger partial charge in [0.25, 0.3) is 0 Å². The molecule has 0 aromatic carbocycles. The van der Waals surface area contributed by atoms with Gasteiger partial charge in [-0.25, -0.2) is 0 Å². The summed E-state index contributed by atoms with van der Waals surface area (Å²) in [7, 11) is 1.78. The number of nitrogens with one attached hydrogen (secondary N) is 1. The molecule has 1 fully saturated rings. The van der Waals surface area contributed by atoms with Crippen LogP contribution in [0.2, 0.25) is 0 Å². The molecule has 1 saturated carbocycles. The fourth-order valence-corrected chi connectivity index (χ4v) is 1.93. The lowest BCUT2D eigenvalue weighted by molar-refractivity contribution is 0.138. The molecule has 84 valence electrons. The van der Waals surface area contributed by atoms with Gasteiger partial charge >= 0.3 is 0 Å². The van der Waals surface area contributed by atoms with E-state index in [1.165, 1.54) is 12.8 Å². The summed E-state index contributed by atoms with van der Waals surface area (Å²) in [5, 5.41) is 3.46. The molecular formula is C11H24N2O. The van der Waals surface area contributed by atoms with Crippen molar-refractivity contribution in [2.45, 2.75) is 38.8 Å². The van der Waals surface area contributed by atoms with Crippen molar-refractivity contribution in [1.29, 1.82) is 0 Å². The zero-order chi connectivity index (χ0) is 10.4. The fraction of sp³-hybridized carbons (Fsp3) is 1.00. The molecule has 0 saturated heterocycles. The Balaban J connectivity index is 2.27. The molecule has 14 heavy (non-hydrogen) atoms. The number of methoxy groups -OCH3 is 1. The zero-order valence-electron chi connectivity index (χ0n) is 9.75. The van der Waals surface area contributed by atoms with Gasteiger partial charge in [0, 0.05) is 25.7 Å². The molecule has 0 heterocycles. The lowest BCUT2D eigenvalue weighted by Gasteiger charge is -2.26.